The zero-order chi connectivity index (χ0) is 23.8. The molecular weight excluding hydrogens is 430 g/mol. The van der Waals surface area contributed by atoms with E-state index in [1.54, 1.807) is 6.07 Å². The van der Waals surface area contributed by atoms with Gasteiger partial charge in [0.25, 0.3) is 0 Å². The lowest BCUT2D eigenvalue weighted by Gasteiger charge is -2.28. The fourth-order valence-electron chi connectivity index (χ4n) is 4.97. The third kappa shape index (κ3) is 4.09. The van der Waals surface area contributed by atoms with Crippen molar-refractivity contribution in [3.8, 4) is 22.9 Å². The number of nitrogens with zero attached hydrogens (tertiary/aromatic N) is 6. The van der Waals surface area contributed by atoms with Crippen molar-refractivity contribution < 1.29 is 4.79 Å². The molecule has 0 bridgehead atoms. The minimum absolute atomic E-state index is 0.422. The highest BCUT2D eigenvalue weighted by atomic mass is 16.1. The molecule has 1 aliphatic heterocycles. The molecule has 1 saturated heterocycles. The highest BCUT2D eigenvalue weighted by Gasteiger charge is 2.23. The summed E-state index contributed by atoms with van der Waals surface area (Å²) in [5.41, 5.74) is 9.53. The van der Waals surface area contributed by atoms with Crippen LogP contribution >= 0.6 is 0 Å². The third-order valence-corrected chi connectivity index (χ3v) is 6.88. The number of piperidine rings is 1. The van der Waals surface area contributed by atoms with Gasteiger partial charge in [-0.25, -0.2) is 0 Å². The minimum atomic E-state index is -0.485. The van der Waals surface area contributed by atoms with Crippen LogP contribution in [-0.4, -0.2) is 53.7 Å². The number of fused-ring (bicyclic) bond motifs is 1. The summed E-state index contributed by atoms with van der Waals surface area (Å²) in [7, 11) is 0. The van der Waals surface area contributed by atoms with Crippen LogP contribution in [0.2, 0.25) is 0 Å². The first-order valence-corrected chi connectivity index (χ1v) is 11.9. The molecule has 10 nitrogen and oxygen atoms in total. The van der Waals surface area contributed by atoms with E-state index in [-0.39, 0.29) is 0 Å². The molecule has 34 heavy (non-hydrogen) atoms. The second kappa shape index (κ2) is 9.02. The summed E-state index contributed by atoms with van der Waals surface area (Å²) in [6, 6.07) is 5.57. The van der Waals surface area contributed by atoms with Crippen molar-refractivity contribution >= 4 is 16.8 Å². The molecule has 1 fully saturated rings. The topological polar surface area (TPSA) is 132 Å². The van der Waals surface area contributed by atoms with Crippen molar-refractivity contribution in [2.24, 2.45) is 17.6 Å². The Labute approximate surface area is 197 Å². The summed E-state index contributed by atoms with van der Waals surface area (Å²) in [5.74, 6) is 1.84. The highest BCUT2D eigenvalue weighted by Crippen LogP contribution is 2.31. The molecule has 1 amide bonds. The number of carbonyl (C=O) groups is 1. The van der Waals surface area contributed by atoms with Gasteiger partial charge in [0, 0.05) is 29.6 Å². The molecule has 3 aromatic heterocycles. The number of nitrogens with two attached hydrogens (primary N) is 1. The normalized spacial score (nSPS) is 15.7. The van der Waals surface area contributed by atoms with E-state index in [9.17, 15) is 4.79 Å². The van der Waals surface area contributed by atoms with E-state index in [1.165, 1.54) is 12.8 Å². The lowest BCUT2D eigenvalue weighted by molar-refractivity contribution is 0.100. The summed E-state index contributed by atoms with van der Waals surface area (Å²) in [5, 5.41) is 22.3. The molecule has 178 valence electrons. The molecule has 4 aromatic rings. The van der Waals surface area contributed by atoms with Gasteiger partial charge in [0.15, 0.2) is 11.6 Å². The van der Waals surface area contributed by atoms with Crippen molar-refractivity contribution in [3.05, 3.63) is 35.7 Å². The van der Waals surface area contributed by atoms with Crippen LogP contribution < -0.4 is 11.1 Å². The second-order valence-corrected chi connectivity index (χ2v) is 9.22. The Balaban J connectivity index is 1.54. The molecule has 1 aromatic carbocycles. The Bertz CT molecular complexity index is 1330. The number of aryl methyl sites for hydroxylation is 2. The molecular formula is C24H31N9O. The van der Waals surface area contributed by atoms with Crippen LogP contribution in [0.15, 0.2) is 24.4 Å². The SMILES string of the molecule is CCn1nc(C)cc1-c1nnc(-c2cc(C(N)=O)cc3c2cnn3C[C@H](C)C2CCNCC2)[nH]1. The van der Waals surface area contributed by atoms with Crippen molar-refractivity contribution in [2.75, 3.05) is 13.1 Å². The number of hydrogen-bond donors (Lipinski definition) is 3. The fraction of sp³-hybridized carbons (Fsp3) is 0.458. The first-order chi connectivity index (χ1) is 16.4. The standard InChI is InChI=1S/C24H31N9O/c1-4-32-21(9-15(3)31-32)24-28-23(29-30-24)18-10-17(22(25)34)11-20-19(18)12-27-33(20)13-14(2)16-5-7-26-8-6-16/h9-12,14,16,26H,4-8,13H2,1-3H3,(H2,25,34)(H,28,29,30)/t14-/m0/s1. The molecule has 10 heteroatoms. The Morgan fingerprint density at radius 1 is 1.18 bits per heavy atom. The van der Waals surface area contributed by atoms with Crippen molar-refractivity contribution in [3.63, 3.8) is 0 Å². The number of hydrogen-bond acceptors (Lipinski definition) is 6. The molecule has 1 aliphatic rings. The van der Waals surface area contributed by atoms with E-state index < -0.39 is 5.91 Å². The van der Waals surface area contributed by atoms with E-state index in [2.05, 4.69) is 37.6 Å². The van der Waals surface area contributed by atoms with Crippen LogP contribution in [0.4, 0.5) is 0 Å². The average Bonchev–Trinajstić information content (AvgIpc) is 3.57. The predicted octanol–water partition coefficient (Wildman–Crippen LogP) is 2.75. The Hall–Kier alpha value is -3.53. The molecule has 1 atom stereocenters. The van der Waals surface area contributed by atoms with Gasteiger partial charge in [-0.15, -0.1) is 10.2 Å². The Morgan fingerprint density at radius 3 is 2.68 bits per heavy atom. The molecule has 0 radical (unpaired) electrons. The Kier molecular flexibility index (Phi) is 5.91. The molecule has 0 aliphatic carbocycles. The quantitative estimate of drug-likeness (QED) is 0.388. The summed E-state index contributed by atoms with van der Waals surface area (Å²) in [6.45, 7) is 9.90. The molecule has 4 heterocycles. The number of aromatic amines is 1. The first-order valence-electron chi connectivity index (χ1n) is 11.9. The summed E-state index contributed by atoms with van der Waals surface area (Å²) >= 11 is 0. The average molecular weight is 462 g/mol. The number of rotatable bonds is 7. The van der Waals surface area contributed by atoms with Crippen LogP contribution in [0.25, 0.3) is 33.8 Å². The summed E-state index contributed by atoms with van der Waals surface area (Å²) < 4.78 is 3.88. The summed E-state index contributed by atoms with van der Waals surface area (Å²) in [4.78, 5) is 15.5. The van der Waals surface area contributed by atoms with Gasteiger partial charge in [0.1, 0.15) is 5.69 Å². The largest absolute Gasteiger partial charge is 0.366 e. The number of H-pyrrole nitrogens is 1. The predicted molar refractivity (Wildman–Crippen MR) is 130 cm³/mol. The molecule has 4 N–H and O–H groups in total. The van der Waals surface area contributed by atoms with Gasteiger partial charge in [-0.3, -0.25) is 14.2 Å². The third-order valence-electron chi connectivity index (χ3n) is 6.88. The fourth-order valence-corrected chi connectivity index (χ4v) is 4.97. The first kappa shape index (κ1) is 22.3. The monoisotopic (exact) mass is 461 g/mol. The number of benzene rings is 1. The molecule has 0 saturated carbocycles. The van der Waals surface area contributed by atoms with E-state index in [4.69, 9.17) is 5.73 Å². The Morgan fingerprint density at radius 2 is 1.94 bits per heavy atom. The minimum Gasteiger partial charge on any atom is -0.366 e. The number of carbonyl (C=O) groups excluding carboxylic acids is 1. The second-order valence-electron chi connectivity index (χ2n) is 9.22. The smallest absolute Gasteiger partial charge is 0.248 e. The number of primary amides is 1. The number of nitrogens with one attached hydrogen (secondary N) is 2. The van der Waals surface area contributed by atoms with Crippen molar-refractivity contribution in [2.45, 2.75) is 46.7 Å². The van der Waals surface area contributed by atoms with Gasteiger partial charge in [0.05, 0.1) is 17.4 Å². The van der Waals surface area contributed by atoms with Crippen LogP contribution in [0, 0.1) is 18.8 Å². The number of amides is 1. The van der Waals surface area contributed by atoms with Crippen LogP contribution in [-0.2, 0) is 13.1 Å². The van der Waals surface area contributed by atoms with Gasteiger partial charge in [-0.2, -0.15) is 10.2 Å². The zero-order valence-electron chi connectivity index (χ0n) is 19.9. The maximum Gasteiger partial charge on any atom is 0.248 e. The number of aromatic nitrogens is 7. The van der Waals surface area contributed by atoms with Crippen LogP contribution in [0.1, 0.15) is 42.7 Å². The zero-order valence-corrected chi connectivity index (χ0v) is 19.9. The highest BCUT2D eigenvalue weighted by molar-refractivity contribution is 6.02. The van der Waals surface area contributed by atoms with E-state index in [1.807, 2.05) is 41.5 Å². The van der Waals surface area contributed by atoms with Crippen LogP contribution in [0.5, 0.6) is 0 Å². The maximum atomic E-state index is 12.2. The molecule has 0 spiro atoms. The van der Waals surface area contributed by atoms with Crippen molar-refractivity contribution in [1.82, 2.24) is 40.1 Å². The van der Waals surface area contributed by atoms with E-state index in [0.717, 1.165) is 54.0 Å². The van der Waals surface area contributed by atoms with Gasteiger partial charge >= 0.3 is 0 Å². The van der Waals surface area contributed by atoms with Gasteiger partial charge in [0.2, 0.25) is 5.91 Å². The van der Waals surface area contributed by atoms with Gasteiger partial charge in [-0.05, 0) is 69.8 Å². The summed E-state index contributed by atoms with van der Waals surface area (Å²) in [6.07, 6.45) is 4.19. The lowest BCUT2D eigenvalue weighted by Crippen LogP contribution is -2.32. The maximum absolute atomic E-state index is 12.2. The van der Waals surface area contributed by atoms with Crippen molar-refractivity contribution in [1.29, 1.82) is 0 Å². The lowest BCUT2D eigenvalue weighted by atomic mass is 9.86. The van der Waals surface area contributed by atoms with Crippen LogP contribution in [0.3, 0.4) is 0 Å². The van der Waals surface area contributed by atoms with Gasteiger partial charge in [-0.1, -0.05) is 6.92 Å². The molecule has 0 unspecified atom stereocenters. The van der Waals surface area contributed by atoms with E-state index >= 15 is 0 Å². The van der Waals surface area contributed by atoms with Gasteiger partial charge < -0.3 is 16.0 Å². The van der Waals surface area contributed by atoms with E-state index in [0.29, 0.717) is 29.0 Å². The molecule has 5 rings (SSSR count).